The molecule has 6 nitrogen and oxygen atoms in total. The molecule has 0 radical (unpaired) electrons. The van der Waals surface area contributed by atoms with Gasteiger partial charge in [-0.3, -0.25) is 0 Å². The Morgan fingerprint density at radius 3 is 1.15 bits per heavy atom. The number of hydrogen-bond acceptors (Lipinski definition) is 6. The van der Waals surface area contributed by atoms with Crippen molar-refractivity contribution in [1.82, 2.24) is 0 Å². The van der Waals surface area contributed by atoms with Gasteiger partial charge in [-0.05, 0) is 34.8 Å². The summed E-state index contributed by atoms with van der Waals surface area (Å²) in [6, 6.07) is 30.5. The van der Waals surface area contributed by atoms with E-state index < -0.39 is 44.9 Å². The van der Waals surface area contributed by atoms with Crippen molar-refractivity contribution in [3.05, 3.63) is 133 Å². The van der Waals surface area contributed by atoms with Gasteiger partial charge in [0.15, 0.2) is 8.32 Å². The molecule has 46 heavy (non-hydrogen) atoms. The van der Waals surface area contributed by atoms with Crippen molar-refractivity contribution >= 4 is 8.32 Å². The molecule has 0 spiro atoms. The molecule has 0 saturated heterocycles. The Morgan fingerprint density at radius 1 is 0.522 bits per heavy atom. The average molecular weight is 645 g/mol. The highest BCUT2D eigenvalue weighted by atomic mass is 28.4. The molecule has 1 aliphatic carbocycles. The summed E-state index contributed by atoms with van der Waals surface area (Å²) in [5, 5.41) is -0.0571. The summed E-state index contributed by atoms with van der Waals surface area (Å²) in [7, 11) is -2.35. The molecule has 3 aromatic rings. The van der Waals surface area contributed by atoms with Gasteiger partial charge in [0, 0.05) is 0 Å². The van der Waals surface area contributed by atoms with Crippen LogP contribution in [-0.4, -0.2) is 58.2 Å². The number of benzene rings is 3. The Labute approximate surface area is 277 Å². The average Bonchev–Trinajstić information content (AvgIpc) is 3.05. The molecule has 0 amide bonds. The summed E-state index contributed by atoms with van der Waals surface area (Å²) in [6.45, 7) is 20.9. The fourth-order valence-electron chi connectivity index (χ4n) is 5.38. The van der Waals surface area contributed by atoms with Crippen molar-refractivity contribution in [1.29, 1.82) is 0 Å². The molecule has 0 heterocycles. The van der Waals surface area contributed by atoms with Crippen LogP contribution < -0.4 is 0 Å². The normalized spacial score (nSPS) is 23.6. The molecule has 0 aromatic heterocycles. The second-order valence-electron chi connectivity index (χ2n) is 13.3. The molecule has 7 heteroatoms. The van der Waals surface area contributed by atoms with E-state index in [1.807, 2.05) is 54.6 Å². The lowest BCUT2D eigenvalue weighted by atomic mass is 9.83. The van der Waals surface area contributed by atoms with Gasteiger partial charge in [0.05, 0.1) is 33.0 Å². The summed E-state index contributed by atoms with van der Waals surface area (Å²) >= 11 is 0. The third kappa shape index (κ3) is 9.81. The third-order valence-corrected chi connectivity index (χ3v) is 13.3. The minimum Gasteiger partial charge on any atom is -0.408 e. The highest BCUT2D eigenvalue weighted by Crippen LogP contribution is 2.42. The summed E-state index contributed by atoms with van der Waals surface area (Å²) in [5.41, 5.74) is 3.17. The van der Waals surface area contributed by atoms with Crippen LogP contribution in [-0.2, 0) is 47.9 Å². The maximum atomic E-state index is 7.27. The fraction of sp³-hybridized carbons (Fsp3) is 0.436. The van der Waals surface area contributed by atoms with E-state index in [1.54, 1.807) is 12.2 Å². The largest absolute Gasteiger partial charge is 0.408 e. The first-order valence-electron chi connectivity index (χ1n) is 16.2. The zero-order chi connectivity index (χ0) is 33.0. The second-order valence-corrected chi connectivity index (χ2v) is 18.1. The third-order valence-electron chi connectivity index (χ3n) is 8.85. The summed E-state index contributed by atoms with van der Waals surface area (Å²) in [5.74, 6) is 0. The summed E-state index contributed by atoms with van der Waals surface area (Å²) in [6.07, 6.45) is 0.344. The van der Waals surface area contributed by atoms with Crippen LogP contribution in [0.15, 0.2) is 116 Å². The van der Waals surface area contributed by atoms with Crippen molar-refractivity contribution in [3.8, 4) is 0 Å². The molecule has 1 saturated carbocycles. The predicted molar refractivity (Wildman–Crippen MR) is 187 cm³/mol. The number of rotatable bonds is 17. The maximum Gasteiger partial charge on any atom is 0.192 e. The van der Waals surface area contributed by atoms with Gasteiger partial charge >= 0.3 is 0 Å². The molecular formula is C39H52O6Si. The van der Waals surface area contributed by atoms with Gasteiger partial charge in [-0.25, -0.2) is 0 Å². The van der Waals surface area contributed by atoms with Gasteiger partial charge in [-0.1, -0.05) is 124 Å². The van der Waals surface area contributed by atoms with Gasteiger partial charge in [0.1, 0.15) is 36.6 Å². The van der Waals surface area contributed by atoms with Crippen molar-refractivity contribution in [3.63, 3.8) is 0 Å². The van der Waals surface area contributed by atoms with Crippen LogP contribution in [0.25, 0.3) is 0 Å². The Bertz CT molecular complexity index is 1310. The summed E-state index contributed by atoms with van der Waals surface area (Å²) in [4.78, 5) is 0. The van der Waals surface area contributed by atoms with Crippen LogP contribution in [0, 0.1) is 0 Å². The van der Waals surface area contributed by atoms with Crippen LogP contribution in [0.3, 0.4) is 0 Å². The van der Waals surface area contributed by atoms with E-state index in [0.29, 0.717) is 33.0 Å². The summed E-state index contributed by atoms with van der Waals surface area (Å²) < 4.78 is 41.0. The lowest BCUT2D eigenvalue weighted by molar-refractivity contribution is -0.273. The molecule has 3 aromatic carbocycles. The highest BCUT2D eigenvalue weighted by Gasteiger charge is 2.57. The van der Waals surface area contributed by atoms with Crippen LogP contribution in [0.5, 0.6) is 0 Å². The van der Waals surface area contributed by atoms with Crippen molar-refractivity contribution in [2.24, 2.45) is 0 Å². The molecular weight excluding hydrogens is 593 g/mol. The number of ether oxygens (including phenoxy) is 5. The Morgan fingerprint density at radius 2 is 0.826 bits per heavy atom. The van der Waals surface area contributed by atoms with Crippen LogP contribution >= 0.6 is 0 Å². The first kappa shape index (κ1) is 36.0. The number of hydrogen-bond donors (Lipinski definition) is 0. The minimum absolute atomic E-state index is 0.0571. The van der Waals surface area contributed by atoms with Crippen molar-refractivity contribution in [2.45, 2.75) is 95.3 Å². The molecule has 0 unspecified atom stereocenters. The van der Waals surface area contributed by atoms with E-state index in [-0.39, 0.29) is 5.04 Å². The molecule has 4 rings (SSSR count). The Balaban J connectivity index is 1.80. The highest BCUT2D eigenvalue weighted by molar-refractivity contribution is 6.74. The predicted octanol–water partition coefficient (Wildman–Crippen LogP) is 8.29. The van der Waals surface area contributed by atoms with E-state index >= 15 is 0 Å². The Kier molecular flexibility index (Phi) is 13.5. The zero-order valence-electron chi connectivity index (χ0n) is 28.2. The molecule has 1 aliphatic rings. The molecule has 6 atom stereocenters. The smallest absolute Gasteiger partial charge is 0.192 e. The van der Waals surface area contributed by atoms with E-state index in [9.17, 15) is 0 Å². The van der Waals surface area contributed by atoms with E-state index in [4.69, 9.17) is 28.1 Å². The maximum absolute atomic E-state index is 7.27. The van der Waals surface area contributed by atoms with E-state index in [1.165, 1.54) is 0 Å². The molecule has 0 N–H and O–H groups in total. The molecule has 0 bridgehead atoms. The van der Waals surface area contributed by atoms with Gasteiger partial charge in [-0.2, -0.15) is 0 Å². The van der Waals surface area contributed by atoms with Gasteiger partial charge in [-0.15, -0.1) is 13.2 Å². The zero-order valence-corrected chi connectivity index (χ0v) is 29.2. The van der Waals surface area contributed by atoms with Crippen LogP contribution in [0.1, 0.15) is 37.5 Å². The molecule has 1 fully saturated rings. The quantitative estimate of drug-likeness (QED) is 0.109. The molecule has 248 valence electrons. The monoisotopic (exact) mass is 644 g/mol. The standard InChI is InChI=1S/C39H52O6Si/c1-8-25-40-33-34(42-27-30-19-13-10-14-20-30)35(43-28-31-21-15-11-16-22-31)36(41-26-9-2)38(45-46(6,7)39(3,4)5)37(33)44-29-32-23-17-12-18-24-32/h8-24,33-38H,1-2,25-29H2,3-7H3/t33-,34-,35+,36-,37-,38+/m0/s1. The first-order valence-corrected chi connectivity index (χ1v) is 19.1. The molecule has 0 aliphatic heterocycles. The van der Waals surface area contributed by atoms with Gasteiger partial charge in [0.2, 0.25) is 0 Å². The topological polar surface area (TPSA) is 55.4 Å². The van der Waals surface area contributed by atoms with E-state index in [0.717, 1.165) is 16.7 Å². The van der Waals surface area contributed by atoms with Crippen LogP contribution in [0.2, 0.25) is 18.1 Å². The minimum atomic E-state index is -2.35. The SMILES string of the molecule is C=CCO[C@H]1[C@H](OCc2ccccc2)[C@@H](OCc2ccccc2)[C@H](OCC=C)[C@@H](O[Si](C)(C)C(C)(C)C)[C@H]1OCc1ccccc1. The van der Waals surface area contributed by atoms with Gasteiger partial charge < -0.3 is 28.1 Å². The lowest BCUT2D eigenvalue weighted by Gasteiger charge is -2.52. The lowest BCUT2D eigenvalue weighted by Crippen LogP contribution is -2.69. The second kappa shape index (κ2) is 17.3. The Hall–Kier alpha value is -2.88. The van der Waals surface area contributed by atoms with Crippen molar-refractivity contribution < 1.29 is 28.1 Å². The van der Waals surface area contributed by atoms with Crippen molar-refractivity contribution in [2.75, 3.05) is 13.2 Å². The fourth-order valence-corrected chi connectivity index (χ4v) is 6.68. The first-order chi connectivity index (χ1) is 22.1. The van der Waals surface area contributed by atoms with E-state index in [2.05, 4.69) is 83.4 Å². The van der Waals surface area contributed by atoms with Crippen LogP contribution in [0.4, 0.5) is 0 Å². The van der Waals surface area contributed by atoms with Gasteiger partial charge in [0.25, 0.3) is 0 Å².